The highest BCUT2D eigenvalue weighted by atomic mass is 32.1. The van der Waals surface area contributed by atoms with Crippen LogP contribution in [0.15, 0.2) is 30.3 Å². The molecular weight excluding hydrogens is 362 g/mol. The van der Waals surface area contributed by atoms with Crippen LogP contribution in [0.1, 0.15) is 42.1 Å². The molecule has 144 valence electrons. The maximum absolute atomic E-state index is 12.4. The van der Waals surface area contributed by atoms with Gasteiger partial charge in [-0.3, -0.25) is 25.9 Å². The van der Waals surface area contributed by atoms with Crippen LogP contribution in [0.5, 0.6) is 0 Å². The van der Waals surface area contributed by atoms with Gasteiger partial charge in [-0.25, -0.2) is 10.4 Å². The summed E-state index contributed by atoms with van der Waals surface area (Å²) in [6.07, 6.45) is 1.68. The van der Waals surface area contributed by atoms with Crippen molar-refractivity contribution in [3.8, 4) is 10.6 Å². The molecule has 7 nitrogen and oxygen atoms in total. The Kier molecular flexibility index (Phi) is 6.20. The minimum absolute atomic E-state index is 0.257. The van der Waals surface area contributed by atoms with Crippen molar-refractivity contribution in [1.82, 2.24) is 26.7 Å². The minimum atomic E-state index is -0.364. The van der Waals surface area contributed by atoms with Crippen molar-refractivity contribution in [3.05, 3.63) is 40.9 Å². The van der Waals surface area contributed by atoms with Crippen molar-refractivity contribution in [1.29, 1.82) is 0 Å². The van der Waals surface area contributed by atoms with Crippen LogP contribution < -0.4 is 21.7 Å². The molecule has 1 saturated heterocycles. The highest BCUT2D eigenvalue weighted by Crippen LogP contribution is 2.27. The Morgan fingerprint density at radius 3 is 2.67 bits per heavy atom. The lowest BCUT2D eigenvalue weighted by atomic mass is 10.00. The van der Waals surface area contributed by atoms with Crippen LogP contribution in [0.2, 0.25) is 0 Å². The Bertz CT molecular complexity index is 806. The first-order valence-electron chi connectivity index (χ1n) is 9.08. The fraction of sp³-hybridized carbons (Fsp3) is 0.421. The number of hydrazine groups is 2. The summed E-state index contributed by atoms with van der Waals surface area (Å²) in [6, 6.07) is 9.60. The number of aromatic nitrogens is 1. The summed E-state index contributed by atoms with van der Waals surface area (Å²) in [5, 5.41) is 0.780. The summed E-state index contributed by atoms with van der Waals surface area (Å²) in [5.41, 5.74) is 12.7. The molecule has 2 atom stereocenters. The molecule has 2 aromatic rings. The van der Waals surface area contributed by atoms with Gasteiger partial charge in [0.05, 0.1) is 5.69 Å². The molecule has 2 unspecified atom stereocenters. The van der Waals surface area contributed by atoms with Gasteiger partial charge in [-0.05, 0) is 25.7 Å². The maximum atomic E-state index is 12.4. The first-order valence-corrected chi connectivity index (χ1v) is 9.89. The van der Waals surface area contributed by atoms with Crippen LogP contribution in [0.4, 0.5) is 0 Å². The molecule has 4 N–H and O–H groups in total. The van der Waals surface area contributed by atoms with E-state index in [1.165, 1.54) is 11.3 Å². The zero-order valence-electron chi connectivity index (χ0n) is 15.7. The Morgan fingerprint density at radius 1 is 1.22 bits per heavy atom. The third-order valence-corrected chi connectivity index (χ3v) is 5.58. The third-order valence-electron chi connectivity index (χ3n) is 4.38. The Hall–Kier alpha value is -2.29. The summed E-state index contributed by atoms with van der Waals surface area (Å²) in [4.78, 5) is 29.7. The molecule has 0 aliphatic carbocycles. The van der Waals surface area contributed by atoms with E-state index in [-0.39, 0.29) is 23.9 Å². The highest BCUT2D eigenvalue weighted by molar-refractivity contribution is 7.17. The first kappa shape index (κ1) is 19.5. The summed E-state index contributed by atoms with van der Waals surface area (Å²) in [7, 11) is 0. The van der Waals surface area contributed by atoms with E-state index in [2.05, 4.69) is 40.5 Å². The van der Waals surface area contributed by atoms with E-state index in [0.717, 1.165) is 17.0 Å². The van der Waals surface area contributed by atoms with Gasteiger partial charge in [0, 0.05) is 11.6 Å². The van der Waals surface area contributed by atoms with Crippen molar-refractivity contribution in [2.24, 2.45) is 5.92 Å². The second-order valence-corrected chi connectivity index (χ2v) is 8.15. The van der Waals surface area contributed by atoms with Gasteiger partial charge in [-0.1, -0.05) is 44.2 Å². The second-order valence-electron chi connectivity index (χ2n) is 7.15. The number of nitrogens with zero attached hydrogens (tertiary/aromatic N) is 1. The van der Waals surface area contributed by atoms with E-state index >= 15 is 0 Å². The lowest BCUT2D eigenvalue weighted by molar-refractivity contribution is -0.123. The number of nitrogens with one attached hydrogen (secondary N) is 4. The van der Waals surface area contributed by atoms with Gasteiger partial charge in [0.15, 0.2) is 0 Å². The summed E-state index contributed by atoms with van der Waals surface area (Å²) < 4.78 is 0. The van der Waals surface area contributed by atoms with Crippen LogP contribution in [-0.4, -0.2) is 28.9 Å². The zero-order chi connectivity index (χ0) is 19.4. The number of carbonyl (C=O) groups is 2. The van der Waals surface area contributed by atoms with Crippen LogP contribution in [-0.2, 0) is 4.79 Å². The smallest absolute Gasteiger partial charge is 0.271 e. The number of carbonyl (C=O) groups excluding carboxylic acids is 2. The fourth-order valence-corrected chi connectivity index (χ4v) is 4.06. The van der Waals surface area contributed by atoms with Gasteiger partial charge in [0.1, 0.15) is 15.9 Å². The van der Waals surface area contributed by atoms with E-state index in [9.17, 15) is 9.59 Å². The fourth-order valence-electron chi connectivity index (χ4n) is 3.09. The molecule has 1 fully saturated rings. The monoisotopic (exact) mass is 387 g/mol. The lowest BCUT2D eigenvalue weighted by Crippen LogP contribution is -2.50. The number of aryl methyl sites for hydroxylation is 1. The molecule has 0 spiro atoms. The summed E-state index contributed by atoms with van der Waals surface area (Å²) in [5.74, 6) is -0.0586. The molecule has 0 bridgehead atoms. The lowest BCUT2D eigenvalue weighted by Gasteiger charge is -2.12. The molecule has 2 amide bonds. The number of thiazole rings is 1. The molecule has 1 aromatic heterocycles. The van der Waals surface area contributed by atoms with Gasteiger partial charge < -0.3 is 0 Å². The molecule has 8 heteroatoms. The zero-order valence-corrected chi connectivity index (χ0v) is 16.5. The van der Waals surface area contributed by atoms with Crippen LogP contribution in [0.3, 0.4) is 0 Å². The molecule has 1 aliphatic rings. The predicted molar refractivity (Wildman–Crippen MR) is 106 cm³/mol. The SMILES string of the molecule is Cc1nc(-c2ccccc2)sc1C(=O)NNC(=O)C1CC(CC(C)C)NN1. The van der Waals surface area contributed by atoms with E-state index in [1.54, 1.807) is 6.92 Å². The maximum Gasteiger partial charge on any atom is 0.281 e. The van der Waals surface area contributed by atoms with Gasteiger partial charge in [-0.15, -0.1) is 11.3 Å². The first-order chi connectivity index (χ1) is 12.9. The Balaban J connectivity index is 1.55. The number of hydrogen-bond acceptors (Lipinski definition) is 6. The molecular formula is C19H25N5O2S. The van der Waals surface area contributed by atoms with Crippen LogP contribution in [0.25, 0.3) is 10.6 Å². The van der Waals surface area contributed by atoms with Crippen molar-refractivity contribution < 1.29 is 9.59 Å². The quantitative estimate of drug-likeness (QED) is 0.590. The summed E-state index contributed by atoms with van der Waals surface area (Å²) in [6.45, 7) is 6.09. The molecule has 0 radical (unpaired) electrons. The molecule has 2 heterocycles. The van der Waals surface area contributed by atoms with Crippen molar-refractivity contribution in [2.75, 3.05) is 0 Å². The molecule has 1 aliphatic heterocycles. The minimum Gasteiger partial charge on any atom is -0.271 e. The van der Waals surface area contributed by atoms with E-state index < -0.39 is 0 Å². The van der Waals surface area contributed by atoms with Gasteiger partial charge >= 0.3 is 0 Å². The highest BCUT2D eigenvalue weighted by Gasteiger charge is 2.30. The largest absolute Gasteiger partial charge is 0.281 e. The van der Waals surface area contributed by atoms with Crippen LogP contribution >= 0.6 is 11.3 Å². The Labute approximate surface area is 162 Å². The normalized spacial score (nSPS) is 19.3. The van der Waals surface area contributed by atoms with Gasteiger partial charge in [0.2, 0.25) is 0 Å². The molecule has 3 rings (SSSR count). The van der Waals surface area contributed by atoms with Gasteiger partial charge in [-0.2, -0.15) is 0 Å². The van der Waals surface area contributed by atoms with Crippen molar-refractivity contribution >= 4 is 23.2 Å². The second kappa shape index (κ2) is 8.60. The van der Waals surface area contributed by atoms with E-state index in [0.29, 0.717) is 22.9 Å². The third kappa shape index (κ3) is 4.91. The van der Waals surface area contributed by atoms with E-state index in [4.69, 9.17) is 0 Å². The van der Waals surface area contributed by atoms with Crippen molar-refractivity contribution in [3.63, 3.8) is 0 Å². The number of hydrogen-bond donors (Lipinski definition) is 4. The topological polar surface area (TPSA) is 95.2 Å². The Morgan fingerprint density at radius 2 is 1.96 bits per heavy atom. The average Bonchev–Trinajstić information content (AvgIpc) is 3.26. The van der Waals surface area contributed by atoms with E-state index in [1.807, 2.05) is 30.3 Å². The van der Waals surface area contributed by atoms with Crippen molar-refractivity contribution in [2.45, 2.75) is 45.7 Å². The standard InChI is InChI=1S/C19H25N5O2S/c1-11(2)9-14-10-15(22-21-14)17(25)23-24-18(26)16-12(3)20-19(27-16)13-7-5-4-6-8-13/h4-8,11,14-15,21-22H,9-10H2,1-3H3,(H,23,25)(H,24,26). The predicted octanol–water partition coefficient (Wildman–Crippen LogP) is 2.16. The number of benzene rings is 1. The van der Waals surface area contributed by atoms with Crippen LogP contribution in [0, 0.1) is 12.8 Å². The number of amides is 2. The summed E-state index contributed by atoms with van der Waals surface area (Å²) >= 11 is 1.31. The van der Waals surface area contributed by atoms with Gasteiger partial charge in [0.25, 0.3) is 11.8 Å². The molecule has 27 heavy (non-hydrogen) atoms. The molecule has 0 saturated carbocycles. The number of rotatable bonds is 5. The average molecular weight is 388 g/mol. The molecule has 1 aromatic carbocycles.